The van der Waals surface area contributed by atoms with Gasteiger partial charge < -0.3 is 29.0 Å². The van der Waals surface area contributed by atoms with Crippen molar-refractivity contribution < 1.29 is 52.5 Å². The lowest BCUT2D eigenvalue weighted by molar-refractivity contribution is -0.175. The summed E-state index contributed by atoms with van der Waals surface area (Å²) in [5.41, 5.74) is 0. The smallest absolute Gasteiger partial charge is 0.337 e. The zero-order valence-electron chi connectivity index (χ0n) is 19.6. The van der Waals surface area contributed by atoms with Gasteiger partial charge in [0.1, 0.15) is 12.7 Å². The van der Waals surface area contributed by atoms with Gasteiger partial charge in [-0.2, -0.15) is 0 Å². The first kappa shape index (κ1) is 29.5. The van der Waals surface area contributed by atoms with Crippen LogP contribution >= 0.6 is 23.4 Å². The van der Waals surface area contributed by atoms with Gasteiger partial charge in [0, 0.05) is 41.0 Å². The summed E-state index contributed by atoms with van der Waals surface area (Å²) in [4.78, 5) is 71.5. The molecule has 1 rings (SSSR count). The van der Waals surface area contributed by atoms with Crippen molar-refractivity contribution in [3.63, 3.8) is 0 Å². The summed E-state index contributed by atoms with van der Waals surface area (Å²) in [5.74, 6) is -4.43. The molecule has 1 fully saturated rings. The lowest BCUT2D eigenvalue weighted by Gasteiger charge is -2.46. The second-order valence-corrected chi connectivity index (χ2v) is 9.75. The fourth-order valence-corrected chi connectivity index (χ4v) is 5.55. The first-order valence-corrected chi connectivity index (χ1v) is 11.3. The van der Waals surface area contributed by atoms with Crippen molar-refractivity contribution in [1.82, 2.24) is 5.32 Å². The fraction of sp³-hybridized carbons (Fsp3) is 0.700. The monoisotopic (exact) mass is 525 g/mol. The lowest BCUT2D eigenvalue weighted by atomic mass is 9.94. The largest absolute Gasteiger partial charge is 0.467 e. The third-order valence-electron chi connectivity index (χ3n) is 4.48. The van der Waals surface area contributed by atoms with Crippen molar-refractivity contribution in [3.05, 3.63) is 0 Å². The highest BCUT2D eigenvalue weighted by molar-refractivity contribution is 8.03. The molecule has 0 saturated carbocycles. The molecule has 1 heterocycles. The van der Waals surface area contributed by atoms with Gasteiger partial charge in [-0.25, -0.2) is 4.79 Å². The van der Waals surface area contributed by atoms with Crippen LogP contribution in [-0.2, 0) is 52.5 Å². The molecule has 0 bridgehead atoms. The van der Waals surface area contributed by atoms with Gasteiger partial charge in [-0.3, -0.25) is 24.0 Å². The number of thioether (sulfide) groups is 1. The summed E-state index contributed by atoms with van der Waals surface area (Å²) in [6.45, 7) is 5.12. The number of halogens is 1. The van der Waals surface area contributed by atoms with E-state index >= 15 is 0 Å². The number of nitrogens with one attached hydrogen (secondary N) is 1. The van der Waals surface area contributed by atoms with E-state index in [1.54, 1.807) is 0 Å². The highest BCUT2D eigenvalue weighted by atomic mass is 35.5. The number of esters is 5. The molecule has 0 aliphatic carbocycles. The summed E-state index contributed by atoms with van der Waals surface area (Å²) in [6.07, 6.45) is -4.17. The van der Waals surface area contributed by atoms with Crippen molar-refractivity contribution in [2.75, 3.05) is 13.7 Å². The van der Waals surface area contributed by atoms with Crippen molar-refractivity contribution in [1.29, 1.82) is 0 Å². The Labute approximate surface area is 205 Å². The van der Waals surface area contributed by atoms with E-state index in [2.05, 4.69) is 5.32 Å². The summed E-state index contributed by atoms with van der Waals surface area (Å²) >= 11 is 7.33. The topological polar surface area (TPSA) is 161 Å². The molecular formula is C20H28ClNO11S. The van der Waals surface area contributed by atoms with Crippen molar-refractivity contribution in [2.45, 2.75) is 74.8 Å². The number of hydrogen-bond acceptors (Lipinski definition) is 12. The molecule has 1 aliphatic rings. The van der Waals surface area contributed by atoms with E-state index in [4.69, 9.17) is 35.3 Å². The molecule has 0 aromatic carbocycles. The standard InChI is InChI=1S/C20H28ClNO11S/c1-9(23)22-16-14(31-11(3)25)7-20(21,19(28)29-6)34-18(16)17(33-13(5)27)15(32-12(4)26)8-30-10(2)24/h14-18H,7-8H2,1-6H3,(H,22,23)/t14-,15+,16+,17+,18+,20+/m0/s1. The number of hydrogen-bond donors (Lipinski definition) is 1. The van der Waals surface area contributed by atoms with Crippen LogP contribution in [-0.4, -0.2) is 83.3 Å². The molecule has 12 nitrogen and oxygen atoms in total. The van der Waals surface area contributed by atoms with Gasteiger partial charge in [-0.05, 0) is 0 Å². The van der Waals surface area contributed by atoms with Crippen LogP contribution in [0.2, 0.25) is 0 Å². The molecule has 1 saturated heterocycles. The second kappa shape index (κ2) is 12.8. The van der Waals surface area contributed by atoms with Gasteiger partial charge in [0.2, 0.25) is 5.91 Å². The number of carbonyl (C=O) groups excluding carboxylic acids is 6. The zero-order chi connectivity index (χ0) is 26.2. The van der Waals surface area contributed by atoms with Gasteiger partial charge in [0.05, 0.1) is 18.4 Å². The van der Waals surface area contributed by atoms with Crippen LogP contribution < -0.4 is 5.32 Å². The Kier molecular flexibility index (Phi) is 11.1. The maximum absolute atomic E-state index is 12.5. The zero-order valence-corrected chi connectivity index (χ0v) is 21.2. The van der Waals surface area contributed by atoms with Crippen LogP contribution in [0.15, 0.2) is 0 Å². The highest BCUT2D eigenvalue weighted by Gasteiger charge is 2.57. The molecule has 1 aliphatic heterocycles. The van der Waals surface area contributed by atoms with E-state index in [-0.39, 0.29) is 6.42 Å². The second-order valence-electron chi connectivity index (χ2n) is 7.41. The number of methoxy groups -OCH3 is 1. The van der Waals surface area contributed by atoms with E-state index in [1.165, 1.54) is 6.92 Å². The molecule has 0 spiro atoms. The maximum Gasteiger partial charge on any atom is 0.337 e. The number of alkyl halides is 1. The van der Waals surface area contributed by atoms with E-state index in [1.807, 2.05) is 0 Å². The van der Waals surface area contributed by atoms with Gasteiger partial charge >= 0.3 is 29.8 Å². The summed E-state index contributed by atoms with van der Waals surface area (Å²) in [6, 6.07) is -1.05. The van der Waals surface area contributed by atoms with Crippen molar-refractivity contribution in [3.8, 4) is 0 Å². The van der Waals surface area contributed by atoms with Crippen LogP contribution in [0.25, 0.3) is 0 Å². The molecular weight excluding hydrogens is 498 g/mol. The Hall–Kier alpha value is -2.54. The molecule has 1 N–H and O–H groups in total. The average Bonchev–Trinajstić information content (AvgIpc) is 2.69. The lowest BCUT2D eigenvalue weighted by Crippen LogP contribution is -2.63. The van der Waals surface area contributed by atoms with Crippen LogP contribution in [0.1, 0.15) is 41.0 Å². The first-order chi connectivity index (χ1) is 15.7. The summed E-state index contributed by atoms with van der Waals surface area (Å²) in [7, 11) is 1.11. The van der Waals surface area contributed by atoms with Gasteiger partial charge in [0.25, 0.3) is 0 Å². The predicted molar refractivity (Wildman–Crippen MR) is 117 cm³/mol. The highest BCUT2D eigenvalue weighted by Crippen LogP contribution is 2.48. The maximum atomic E-state index is 12.5. The predicted octanol–water partition coefficient (Wildman–Crippen LogP) is 0.463. The van der Waals surface area contributed by atoms with Crippen LogP contribution in [0, 0.1) is 0 Å². The molecule has 1 amide bonds. The normalized spacial score (nSPS) is 25.7. The van der Waals surface area contributed by atoms with E-state index < -0.39 is 76.2 Å². The number of rotatable bonds is 9. The molecule has 6 atom stereocenters. The minimum Gasteiger partial charge on any atom is -0.467 e. The summed E-state index contributed by atoms with van der Waals surface area (Å²) < 4.78 is 24.0. The molecule has 34 heavy (non-hydrogen) atoms. The van der Waals surface area contributed by atoms with Crippen LogP contribution in [0.3, 0.4) is 0 Å². The average molecular weight is 526 g/mol. The fourth-order valence-electron chi connectivity index (χ4n) is 3.38. The molecule has 192 valence electrons. The number of amides is 1. The Balaban J connectivity index is 3.64. The Morgan fingerprint density at radius 1 is 0.971 bits per heavy atom. The molecule has 0 aromatic heterocycles. The van der Waals surface area contributed by atoms with Crippen LogP contribution in [0.5, 0.6) is 0 Å². The van der Waals surface area contributed by atoms with E-state index in [0.29, 0.717) is 0 Å². The van der Waals surface area contributed by atoms with E-state index in [9.17, 15) is 28.8 Å². The van der Waals surface area contributed by atoms with Crippen molar-refractivity contribution >= 4 is 59.1 Å². The van der Waals surface area contributed by atoms with Gasteiger partial charge in [0.15, 0.2) is 16.4 Å². The quantitative estimate of drug-likeness (QED) is 0.252. The van der Waals surface area contributed by atoms with Gasteiger partial charge in [-0.1, -0.05) is 11.6 Å². The van der Waals surface area contributed by atoms with E-state index in [0.717, 1.165) is 46.6 Å². The Bertz CT molecular complexity index is 822. The van der Waals surface area contributed by atoms with Crippen LogP contribution in [0.4, 0.5) is 0 Å². The SMILES string of the molecule is COC(=O)[C@@]1(Cl)C[C@H](OC(C)=O)[C@@H](NC(C)=O)[C@H]([C@H](OC(C)=O)[C@@H](COC(C)=O)OC(C)=O)S1. The summed E-state index contributed by atoms with van der Waals surface area (Å²) in [5, 5.41) is 1.50. The Morgan fingerprint density at radius 2 is 1.56 bits per heavy atom. The molecule has 0 unspecified atom stereocenters. The number of ether oxygens (including phenoxy) is 5. The number of carbonyl (C=O) groups is 6. The minimum atomic E-state index is -1.82. The Morgan fingerprint density at radius 3 is 2.00 bits per heavy atom. The molecule has 0 aromatic rings. The van der Waals surface area contributed by atoms with Gasteiger partial charge in [-0.15, -0.1) is 11.8 Å². The molecule has 0 radical (unpaired) electrons. The first-order valence-electron chi connectivity index (χ1n) is 10.1. The van der Waals surface area contributed by atoms with Crippen molar-refractivity contribution in [2.24, 2.45) is 0 Å². The third-order valence-corrected chi connectivity index (χ3v) is 6.60. The minimum absolute atomic E-state index is 0.262. The third kappa shape index (κ3) is 8.67. The molecule has 14 heteroatoms.